The molecule has 2 fully saturated rings. The highest BCUT2D eigenvalue weighted by Crippen LogP contribution is 2.52. The van der Waals surface area contributed by atoms with Crippen molar-refractivity contribution >= 4 is 23.3 Å². The van der Waals surface area contributed by atoms with Crippen LogP contribution in [0.3, 0.4) is 0 Å². The normalized spacial score (nSPS) is 29.5. The van der Waals surface area contributed by atoms with Gasteiger partial charge in [0, 0.05) is 12.0 Å². The number of nitrogens with two attached hydrogens (primary N) is 1. The first kappa shape index (κ1) is 29.9. The molecule has 6 rings (SSSR count). The predicted octanol–water partition coefficient (Wildman–Crippen LogP) is 2.76. The van der Waals surface area contributed by atoms with Gasteiger partial charge in [-0.15, -0.1) is 0 Å². The van der Waals surface area contributed by atoms with Crippen LogP contribution in [0.25, 0.3) is 0 Å². The fraction of sp³-hybridized carbons (Fsp3) is 0.371. The first-order valence-corrected chi connectivity index (χ1v) is 14.9. The van der Waals surface area contributed by atoms with E-state index >= 15 is 0 Å². The molecular formula is C35H36N2O7. The maximum absolute atomic E-state index is 14.3. The number of primary amides is 1. The van der Waals surface area contributed by atoms with Gasteiger partial charge in [0.1, 0.15) is 18.3 Å². The van der Waals surface area contributed by atoms with Gasteiger partial charge in [0.15, 0.2) is 23.0 Å². The number of amides is 1. The molecule has 0 radical (unpaired) electrons. The standard InChI is InChI=1S/C35H36N2O7/c1-37(2)29-24-17-23-16-22-14-9-15-25(43-18-20-10-5-3-6-11-20)26(22)30(38)27(23)32(39)35(24,42)33(40)28(34(36)41)31(29)44-19-21-12-7-4-8-13-21/h3-15,23-24,27-29,31,42H,16-19H2,1-2H3,(H2,36,41)/t23-,24-,27?,28?,29-,31?,35-/m1/s1. The maximum Gasteiger partial charge on any atom is 0.230 e. The summed E-state index contributed by atoms with van der Waals surface area (Å²) < 4.78 is 12.3. The summed E-state index contributed by atoms with van der Waals surface area (Å²) in [7, 11) is 3.51. The van der Waals surface area contributed by atoms with Crippen LogP contribution in [0, 0.1) is 23.7 Å². The molecule has 228 valence electrons. The molecule has 0 spiro atoms. The summed E-state index contributed by atoms with van der Waals surface area (Å²) in [5.74, 6) is -7.20. The van der Waals surface area contributed by atoms with E-state index < -0.39 is 64.7 Å². The predicted molar refractivity (Wildman–Crippen MR) is 160 cm³/mol. The van der Waals surface area contributed by atoms with Crippen LogP contribution in [0.4, 0.5) is 0 Å². The molecule has 0 heterocycles. The van der Waals surface area contributed by atoms with E-state index in [1.54, 1.807) is 25.1 Å². The van der Waals surface area contributed by atoms with E-state index in [0.29, 0.717) is 17.7 Å². The molecular weight excluding hydrogens is 560 g/mol. The fourth-order valence-electron chi connectivity index (χ4n) is 7.53. The van der Waals surface area contributed by atoms with Crippen molar-refractivity contribution in [2.24, 2.45) is 29.4 Å². The lowest BCUT2D eigenvalue weighted by molar-refractivity contribution is -0.196. The number of ketones is 3. The van der Waals surface area contributed by atoms with E-state index in [-0.39, 0.29) is 19.6 Å². The van der Waals surface area contributed by atoms with Gasteiger partial charge in [-0.1, -0.05) is 72.8 Å². The molecule has 3 unspecified atom stereocenters. The Morgan fingerprint density at radius 2 is 1.55 bits per heavy atom. The van der Waals surface area contributed by atoms with Crippen molar-refractivity contribution in [1.82, 2.24) is 4.90 Å². The van der Waals surface area contributed by atoms with Gasteiger partial charge in [-0.05, 0) is 55.6 Å². The van der Waals surface area contributed by atoms with Crippen LogP contribution in [-0.2, 0) is 38.8 Å². The van der Waals surface area contributed by atoms with Crippen LogP contribution in [0.15, 0.2) is 78.9 Å². The SMILES string of the molecule is CN(C)[C@H]1C(OCc2ccccc2)C(C(N)=O)C(=O)[C@]2(O)C(=O)C3C(=O)c4c(cccc4OCc4ccccc4)C[C@@H]3C[C@H]12. The summed E-state index contributed by atoms with van der Waals surface area (Å²) in [6.45, 7) is 0.335. The van der Waals surface area contributed by atoms with Gasteiger partial charge in [0.2, 0.25) is 5.91 Å². The highest BCUT2D eigenvalue weighted by molar-refractivity contribution is 6.25. The quantitative estimate of drug-likeness (QED) is 0.379. The number of fused-ring (bicyclic) bond motifs is 3. The van der Waals surface area contributed by atoms with Crippen molar-refractivity contribution in [1.29, 1.82) is 0 Å². The Balaban J connectivity index is 1.35. The lowest BCUT2D eigenvalue weighted by Crippen LogP contribution is -2.75. The topological polar surface area (TPSA) is 136 Å². The molecule has 0 aromatic heterocycles. The zero-order chi connectivity index (χ0) is 31.2. The minimum Gasteiger partial charge on any atom is -0.488 e. The maximum atomic E-state index is 14.3. The van der Waals surface area contributed by atoms with E-state index in [2.05, 4.69) is 0 Å². The molecule has 0 bridgehead atoms. The van der Waals surface area contributed by atoms with Crippen LogP contribution in [0.2, 0.25) is 0 Å². The van der Waals surface area contributed by atoms with Gasteiger partial charge in [-0.25, -0.2) is 0 Å². The first-order chi connectivity index (χ1) is 21.1. The average Bonchev–Trinajstić information content (AvgIpc) is 3.01. The number of hydrogen-bond donors (Lipinski definition) is 2. The van der Waals surface area contributed by atoms with Gasteiger partial charge in [-0.2, -0.15) is 0 Å². The Morgan fingerprint density at radius 3 is 2.16 bits per heavy atom. The van der Waals surface area contributed by atoms with Crippen molar-refractivity contribution in [2.45, 2.75) is 43.8 Å². The van der Waals surface area contributed by atoms with Gasteiger partial charge < -0.3 is 25.2 Å². The molecule has 3 N–H and O–H groups in total. The second-order valence-electron chi connectivity index (χ2n) is 12.3. The highest BCUT2D eigenvalue weighted by atomic mass is 16.5. The van der Waals surface area contributed by atoms with E-state index in [1.807, 2.05) is 72.8 Å². The average molecular weight is 597 g/mol. The number of Topliss-reactive ketones (excluding diaryl/α,β-unsaturated/α-hetero) is 3. The summed E-state index contributed by atoms with van der Waals surface area (Å²) in [4.78, 5) is 57.1. The Morgan fingerprint density at radius 1 is 0.909 bits per heavy atom. The Bertz CT molecular complexity index is 1590. The number of aliphatic hydroxyl groups is 1. The molecule has 9 nitrogen and oxygen atoms in total. The number of ether oxygens (including phenoxy) is 2. The van der Waals surface area contributed by atoms with Crippen molar-refractivity contribution in [2.75, 3.05) is 14.1 Å². The molecule has 9 heteroatoms. The third-order valence-electron chi connectivity index (χ3n) is 9.51. The van der Waals surface area contributed by atoms with Crippen LogP contribution < -0.4 is 10.5 Å². The Kier molecular flexibility index (Phi) is 7.96. The Hall–Kier alpha value is -4.18. The van der Waals surface area contributed by atoms with E-state index in [1.165, 1.54) is 0 Å². The summed E-state index contributed by atoms with van der Waals surface area (Å²) in [6, 6.07) is 23.5. The molecule has 2 saturated carbocycles. The van der Waals surface area contributed by atoms with Crippen LogP contribution >= 0.6 is 0 Å². The van der Waals surface area contributed by atoms with Crippen molar-refractivity contribution in [3.05, 3.63) is 101 Å². The summed E-state index contributed by atoms with van der Waals surface area (Å²) in [6.07, 6.45) is -0.400. The van der Waals surface area contributed by atoms with Crippen LogP contribution in [0.5, 0.6) is 5.75 Å². The highest BCUT2D eigenvalue weighted by Gasteiger charge is 2.69. The Labute approximate surface area is 255 Å². The van der Waals surface area contributed by atoms with Gasteiger partial charge >= 0.3 is 0 Å². The number of likely N-dealkylation sites (N-methyl/N-ethyl adjacent to an activating group) is 1. The number of benzene rings is 3. The van der Waals surface area contributed by atoms with Gasteiger partial charge in [-0.3, -0.25) is 19.2 Å². The molecule has 1 amide bonds. The third kappa shape index (κ3) is 4.95. The number of hydrogen-bond acceptors (Lipinski definition) is 8. The monoisotopic (exact) mass is 596 g/mol. The second-order valence-corrected chi connectivity index (χ2v) is 12.3. The van der Waals surface area contributed by atoms with Crippen LogP contribution in [-0.4, -0.2) is 65.1 Å². The number of carbonyl (C=O) groups excluding carboxylic acids is 4. The van der Waals surface area contributed by atoms with E-state index in [0.717, 1.165) is 16.7 Å². The minimum absolute atomic E-state index is 0.107. The second kappa shape index (κ2) is 11.7. The molecule has 3 aliphatic rings. The molecule has 7 atom stereocenters. The summed E-state index contributed by atoms with van der Waals surface area (Å²) >= 11 is 0. The lowest BCUT2D eigenvalue weighted by Gasteiger charge is -2.55. The fourth-order valence-corrected chi connectivity index (χ4v) is 7.53. The summed E-state index contributed by atoms with van der Waals surface area (Å²) in [5, 5.41) is 12.1. The van der Waals surface area contributed by atoms with E-state index in [9.17, 15) is 24.3 Å². The van der Waals surface area contributed by atoms with Gasteiger partial charge in [0.05, 0.1) is 24.2 Å². The van der Waals surface area contributed by atoms with Crippen molar-refractivity contribution in [3.8, 4) is 5.75 Å². The molecule has 0 aliphatic heterocycles. The minimum atomic E-state index is -2.57. The third-order valence-corrected chi connectivity index (χ3v) is 9.51. The van der Waals surface area contributed by atoms with Gasteiger partial charge in [0.25, 0.3) is 0 Å². The lowest BCUT2D eigenvalue weighted by atomic mass is 9.52. The van der Waals surface area contributed by atoms with Crippen LogP contribution in [0.1, 0.15) is 33.5 Å². The zero-order valence-corrected chi connectivity index (χ0v) is 24.7. The molecule has 3 aliphatic carbocycles. The first-order valence-electron chi connectivity index (χ1n) is 14.9. The smallest absolute Gasteiger partial charge is 0.230 e. The largest absolute Gasteiger partial charge is 0.488 e. The number of nitrogens with zero attached hydrogens (tertiary/aromatic N) is 1. The summed E-state index contributed by atoms with van der Waals surface area (Å²) in [5.41, 5.74) is 6.00. The molecule has 44 heavy (non-hydrogen) atoms. The molecule has 0 saturated heterocycles. The van der Waals surface area contributed by atoms with E-state index in [4.69, 9.17) is 15.2 Å². The zero-order valence-electron chi connectivity index (χ0n) is 24.7. The van der Waals surface area contributed by atoms with Crippen molar-refractivity contribution in [3.63, 3.8) is 0 Å². The number of carbonyl (C=O) groups is 4. The van der Waals surface area contributed by atoms with Crippen molar-refractivity contribution < 1.29 is 33.8 Å². The number of rotatable bonds is 8. The molecule has 3 aromatic rings. The molecule has 3 aromatic carbocycles.